The summed E-state index contributed by atoms with van der Waals surface area (Å²) in [5.41, 5.74) is 3.64. The Kier molecular flexibility index (Phi) is 9.30. The Morgan fingerprint density at radius 3 is 2.32 bits per heavy atom. The lowest BCUT2D eigenvalue weighted by molar-refractivity contribution is -0.127. The van der Waals surface area contributed by atoms with Gasteiger partial charge in [0.25, 0.3) is 17.1 Å². The van der Waals surface area contributed by atoms with E-state index in [4.69, 9.17) is 14.2 Å². The molecule has 41 heavy (non-hydrogen) atoms. The molecule has 2 N–H and O–H groups in total. The number of carbonyl (C=O) groups is 4. The zero-order valence-electron chi connectivity index (χ0n) is 23.0. The fourth-order valence-corrected chi connectivity index (χ4v) is 4.82. The predicted octanol–water partition coefficient (Wildman–Crippen LogP) is 5.01. The van der Waals surface area contributed by atoms with Gasteiger partial charge < -0.3 is 24.8 Å². The number of carbonyl (C=O) groups excluding carboxylic acids is 4. The molecule has 3 aromatic carbocycles. The molecule has 0 radical (unpaired) electrons. The highest BCUT2D eigenvalue weighted by atomic mass is 32.2. The van der Waals surface area contributed by atoms with Gasteiger partial charge in [0.05, 0.1) is 24.8 Å². The van der Waals surface area contributed by atoms with E-state index < -0.39 is 29.5 Å². The number of anilines is 2. The highest BCUT2D eigenvalue weighted by Gasteiger charge is 2.36. The lowest BCUT2D eigenvalue weighted by atomic mass is 10.1. The van der Waals surface area contributed by atoms with E-state index >= 15 is 0 Å². The number of aryl methyl sites for hydroxylation is 1. The van der Waals surface area contributed by atoms with Crippen molar-refractivity contribution in [1.82, 2.24) is 4.90 Å². The average Bonchev–Trinajstić information content (AvgIpc) is 3.22. The first-order valence-corrected chi connectivity index (χ1v) is 13.4. The van der Waals surface area contributed by atoms with E-state index in [-0.39, 0.29) is 11.5 Å². The van der Waals surface area contributed by atoms with Crippen LogP contribution in [0.2, 0.25) is 0 Å². The van der Waals surface area contributed by atoms with Crippen LogP contribution in [-0.2, 0) is 14.4 Å². The third-order valence-electron chi connectivity index (χ3n) is 6.28. The minimum Gasteiger partial charge on any atom is -0.495 e. The Morgan fingerprint density at radius 2 is 1.56 bits per heavy atom. The number of imide groups is 1. The van der Waals surface area contributed by atoms with Gasteiger partial charge >= 0.3 is 0 Å². The Bertz CT molecular complexity index is 1540. The van der Waals surface area contributed by atoms with Crippen LogP contribution in [0, 0.1) is 13.8 Å². The molecule has 10 nitrogen and oxygen atoms in total. The van der Waals surface area contributed by atoms with Crippen molar-refractivity contribution in [2.24, 2.45) is 0 Å². The predicted molar refractivity (Wildman–Crippen MR) is 157 cm³/mol. The van der Waals surface area contributed by atoms with Crippen molar-refractivity contribution in [1.29, 1.82) is 0 Å². The fourth-order valence-electron chi connectivity index (χ4n) is 3.98. The Hall–Kier alpha value is -4.77. The molecular formula is C30H29N3O7S. The number of rotatable bonds is 10. The monoisotopic (exact) mass is 575 g/mol. The highest BCUT2D eigenvalue weighted by molar-refractivity contribution is 8.18. The van der Waals surface area contributed by atoms with Crippen LogP contribution in [0.4, 0.5) is 16.2 Å². The van der Waals surface area contributed by atoms with Crippen molar-refractivity contribution in [3.05, 3.63) is 82.3 Å². The van der Waals surface area contributed by atoms with Crippen molar-refractivity contribution in [3.8, 4) is 17.2 Å². The Balaban J connectivity index is 1.39. The molecule has 1 aliphatic heterocycles. The van der Waals surface area contributed by atoms with Crippen molar-refractivity contribution in [2.45, 2.75) is 13.8 Å². The van der Waals surface area contributed by atoms with Crippen LogP contribution >= 0.6 is 11.8 Å². The maximum Gasteiger partial charge on any atom is 0.294 e. The van der Waals surface area contributed by atoms with Crippen molar-refractivity contribution in [2.75, 3.05) is 38.0 Å². The summed E-state index contributed by atoms with van der Waals surface area (Å²) in [4.78, 5) is 51.6. The number of amides is 4. The smallest absolute Gasteiger partial charge is 0.294 e. The molecule has 0 bridgehead atoms. The van der Waals surface area contributed by atoms with Crippen LogP contribution in [0.3, 0.4) is 0 Å². The fraction of sp³-hybridized carbons (Fsp3) is 0.200. The topological polar surface area (TPSA) is 123 Å². The summed E-state index contributed by atoms with van der Waals surface area (Å²) in [6, 6.07) is 17.4. The number of para-hydroxylation sites is 2. The van der Waals surface area contributed by atoms with Gasteiger partial charge in [-0.05, 0) is 78.7 Å². The number of thioether (sulfide) groups is 1. The van der Waals surface area contributed by atoms with Gasteiger partial charge in [-0.3, -0.25) is 24.1 Å². The summed E-state index contributed by atoms with van der Waals surface area (Å²) in [5, 5.41) is 4.96. The lowest BCUT2D eigenvalue weighted by Crippen LogP contribution is -2.36. The molecular weight excluding hydrogens is 546 g/mol. The maximum absolute atomic E-state index is 13.0. The van der Waals surface area contributed by atoms with E-state index in [1.807, 2.05) is 26.0 Å². The second-order valence-corrected chi connectivity index (χ2v) is 10.0. The Labute approximate surface area is 241 Å². The van der Waals surface area contributed by atoms with Gasteiger partial charge in [0.1, 0.15) is 12.3 Å². The van der Waals surface area contributed by atoms with Crippen molar-refractivity contribution in [3.63, 3.8) is 0 Å². The molecule has 1 aliphatic rings. The van der Waals surface area contributed by atoms with Gasteiger partial charge in [0.15, 0.2) is 18.1 Å². The van der Waals surface area contributed by atoms with E-state index in [1.165, 1.54) is 20.3 Å². The summed E-state index contributed by atoms with van der Waals surface area (Å²) >= 11 is 0.750. The summed E-state index contributed by atoms with van der Waals surface area (Å²) in [6.45, 7) is 3.13. The van der Waals surface area contributed by atoms with Crippen molar-refractivity contribution >= 4 is 52.2 Å². The van der Waals surface area contributed by atoms with E-state index in [9.17, 15) is 19.2 Å². The number of ether oxygens (including phenoxy) is 3. The van der Waals surface area contributed by atoms with Gasteiger partial charge in [-0.15, -0.1) is 0 Å². The zero-order valence-corrected chi connectivity index (χ0v) is 23.8. The SMILES string of the molecule is COc1ccccc1NC(=O)COc1ccc(/C=C2\SC(=O)N(CC(=O)Nc3cccc(C)c3C)C2=O)cc1OC. The van der Waals surface area contributed by atoms with Crippen LogP contribution in [-0.4, -0.2) is 55.2 Å². The first kappa shape index (κ1) is 29.2. The summed E-state index contributed by atoms with van der Waals surface area (Å²) in [6.07, 6.45) is 1.54. The van der Waals surface area contributed by atoms with Crippen molar-refractivity contribution < 1.29 is 33.4 Å². The number of nitrogens with one attached hydrogen (secondary N) is 2. The number of hydrogen-bond donors (Lipinski definition) is 2. The highest BCUT2D eigenvalue weighted by Crippen LogP contribution is 2.34. The largest absolute Gasteiger partial charge is 0.495 e. The second-order valence-electron chi connectivity index (χ2n) is 9.01. The van der Waals surface area contributed by atoms with Crippen LogP contribution < -0.4 is 24.8 Å². The van der Waals surface area contributed by atoms with Crippen LogP contribution in [0.15, 0.2) is 65.6 Å². The second kappa shape index (κ2) is 13.1. The van der Waals surface area contributed by atoms with Crippen LogP contribution in [0.5, 0.6) is 17.2 Å². The molecule has 1 saturated heterocycles. The van der Waals surface area contributed by atoms with E-state index in [0.717, 1.165) is 27.8 Å². The van der Waals surface area contributed by atoms with Gasteiger partial charge in [0, 0.05) is 5.69 Å². The summed E-state index contributed by atoms with van der Waals surface area (Å²) in [7, 11) is 2.96. The number of methoxy groups -OCH3 is 2. The molecule has 4 rings (SSSR count). The molecule has 0 aliphatic carbocycles. The van der Waals surface area contributed by atoms with E-state index in [2.05, 4.69) is 10.6 Å². The minimum atomic E-state index is -0.566. The molecule has 0 unspecified atom stereocenters. The Morgan fingerprint density at radius 1 is 0.854 bits per heavy atom. The third kappa shape index (κ3) is 7.06. The van der Waals surface area contributed by atoms with Gasteiger partial charge in [0.2, 0.25) is 5.91 Å². The first-order chi connectivity index (χ1) is 19.7. The van der Waals surface area contributed by atoms with Crippen LogP contribution in [0.1, 0.15) is 16.7 Å². The molecule has 212 valence electrons. The van der Waals surface area contributed by atoms with Gasteiger partial charge in [-0.2, -0.15) is 0 Å². The number of hydrogen-bond acceptors (Lipinski definition) is 8. The third-order valence-corrected chi connectivity index (χ3v) is 7.19. The van der Waals surface area contributed by atoms with Gasteiger partial charge in [-0.1, -0.05) is 30.3 Å². The summed E-state index contributed by atoms with van der Waals surface area (Å²) in [5.74, 6) is -0.263. The number of benzene rings is 3. The minimum absolute atomic E-state index is 0.168. The zero-order chi connectivity index (χ0) is 29.5. The molecule has 0 atom stereocenters. The molecule has 0 saturated carbocycles. The molecule has 3 aromatic rings. The lowest BCUT2D eigenvalue weighted by Gasteiger charge is -2.14. The van der Waals surface area contributed by atoms with E-state index in [0.29, 0.717) is 34.2 Å². The standard InChI is InChI=1S/C30H29N3O7S/c1-18-8-7-10-21(19(18)2)31-27(34)16-33-29(36)26(41-30(33)37)15-20-12-13-24(25(14-20)39-4)40-17-28(35)32-22-9-5-6-11-23(22)38-3/h5-15H,16-17H2,1-4H3,(H,31,34)(H,32,35)/b26-15-. The van der Waals surface area contributed by atoms with E-state index in [1.54, 1.807) is 48.5 Å². The van der Waals surface area contributed by atoms with Crippen LogP contribution in [0.25, 0.3) is 6.08 Å². The molecule has 1 fully saturated rings. The maximum atomic E-state index is 13.0. The molecule has 0 spiro atoms. The average molecular weight is 576 g/mol. The molecule has 11 heteroatoms. The summed E-state index contributed by atoms with van der Waals surface area (Å²) < 4.78 is 16.3. The number of nitrogens with zero attached hydrogens (tertiary/aromatic N) is 1. The first-order valence-electron chi connectivity index (χ1n) is 12.5. The molecule has 4 amide bonds. The molecule has 0 aromatic heterocycles. The normalized spacial score (nSPS) is 13.8. The molecule has 1 heterocycles. The van der Waals surface area contributed by atoms with Gasteiger partial charge in [-0.25, -0.2) is 0 Å². The quantitative estimate of drug-likeness (QED) is 0.324.